The van der Waals surface area contributed by atoms with E-state index in [0.29, 0.717) is 31.7 Å². The third-order valence-corrected chi connectivity index (χ3v) is 4.98. The Balaban J connectivity index is 1.55. The maximum Gasteiger partial charge on any atom is 0.227 e. The summed E-state index contributed by atoms with van der Waals surface area (Å²) in [5.41, 5.74) is 0.447. The number of halogens is 1. The molecule has 144 valence electrons. The highest BCUT2D eigenvalue weighted by Gasteiger charge is 2.23. The van der Waals surface area contributed by atoms with Crippen LogP contribution in [0, 0.1) is 5.82 Å². The summed E-state index contributed by atoms with van der Waals surface area (Å²) in [5.74, 6) is 1.34. The van der Waals surface area contributed by atoms with Gasteiger partial charge >= 0.3 is 0 Å². The van der Waals surface area contributed by atoms with E-state index in [9.17, 15) is 9.18 Å². The van der Waals surface area contributed by atoms with Crippen LogP contribution >= 0.6 is 0 Å². The number of nitrogens with zero attached hydrogens (tertiary/aromatic N) is 5. The summed E-state index contributed by atoms with van der Waals surface area (Å²) >= 11 is 0. The molecular formula is C20H26FN5O. The SMILES string of the molecule is CCN(CC)c1ccc(N2CCN(C(=O)Cc3ccccc3F)CC2)nn1. The molecule has 2 aromatic rings. The number of piperazine rings is 1. The molecule has 7 heteroatoms. The van der Waals surface area contributed by atoms with E-state index in [4.69, 9.17) is 0 Å². The van der Waals surface area contributed by atoms with E-state index in [1.807, 2.05) is 12.1 Å². The first kappa shape index (κ1) is 19.1. The van der Waals surface area contributed by atoms with Gasteiger partial charge in [-0.25, -0.2) is 4.39 Å². The van der Waals surface area contributed by atoms with Crippen molar-refractivity contribution in [2.24, 2.45) is 0 Å². The van der Waals surface area contributed by atoms with E-state index in [1.54, 1.807) is 23.1 Å². The summed E-state index contributed by atoms with van der Waals surface area (Å²) in [6.07, 6.45) is 0.102. The molecular weight excluding hydrogens is 345 g/mol. The fraction of sp³-hybridized carbons (Fsp3) is 0.450. The normalized spacial score (nSPS) is 14.3. The maximum absolute atomic E-state index is 13.7. The predicted molar refractivity (Wildman–Crippen MR) is 104 cm³/mol. The minimum atomic E-state index is -0.326. The molecule has 1 aromatic heterocycles. The van der Waals surface area contributed by atoms with E-state index >= 15 is 0 Å². The largest absolute Gasteiger partial charge is 0.356 e. The van der Waals surface area contributed by atoms with Crippen molar-refractivity contribution in [3.8, 4) is 0 Å². The highest BCUT2D eigenvalue weighted by molar-refractivity contribution is 5.79. The Labute approximate surface area is 159 Å². The molecule has 0 radical (unpaired) electrons. The Bertz CT molecular complexity index is 755. The second-order valence-corrected chi connectivity index (χ2v) is 6.56. The zero-order chi connectivity index (χ0) is 19.2. The van der Waals surface area contributed by atoms with Gasteiger partial charge in [0.25, 0.3) is 0 Å². The Morgan fingerprint density at radius 2 is 1.74 bits per heavy atom. The lowest BCUT2D eigenvalue weighted by Gasteiger charge is -2.35. The number of carbonyl (C=O) groups excluding carboxylic acids is 1. The molecule has 3 rings (SSSR count). The Morgan fingerprint density at radius 1 is 1.04 bits per heavy atom. The van der Waals surface area contributed by atoms with Gasteiger partial charge in [0.1, 0.15) is 5.82 Å². The summed E-state index contributed by atoms with van der Waals surface area (Å²) < 4.78 is 13.7. The number of aromatic nitrogens is 2. The summed E-state index contributed by atoms with van der Waals surface area (Å²) in [4.78, 5) is 18.5. The standard InChI is InChI=1S/C20H26FN5O/c1-3-24(4-2)18-9-10-19(23-22-18)25-11-13-26(14-12-25)20(27)15-16-7-5-6-8-17(16)21/h5-10H,3-4,11-15H2,1-2H3. The number of hydrogen-bond donors (Lipinski definition) is 0. The number of anilines is 2. The van der Waals surface area contributed by atoms with Gasteiger partial charge in [0.2, 0.25) is 5.91 Å². The average Bonchev–Trinajstić information content (AvgIpc) is 2.71. The van der Waals surface area contributed by atoms with Crippen LogP contribution in [0.25, 0.3) is 0 Å². The smallest absolute Gasteiger partial charge is 0.227 e. The van der Waals surface area contributed by atoms with E-state index < -0.39 is 0 Å². The van der Waals surface area contributed by atoms with Crippen LogP contribution < -0.4 is 9.80 Å². The molecule has 1 fully saturated rings. The lowest BCUT2D eigenvalue weighted by atomic mass is 10.1. The van der Waals surface area contributed by atoms with Gasteiger partial charge < -0.3 is 14.7 Å². The second-order valence-electron chi connectivity index (χ2n) is 6.56. The molecule has 27 heavy (non-hydrogen) atoms. The summed E-state index contributed by atoms with van der Waals surface area (Å²) in [6, 6.07) is 10.4. The topological polar surface area (TPSA) is 52.6 Å². The van der Waals surface area contributed by atoms with E-state index in [1.165, 1.54) is 6.07 Å². The fourth-order valence-corrected chi connectivity index (χ4v) is 3.30. The van der Waals surface area contributed by atoms with Gasteiger partial charge in [0.05, 0.1) is 6.42 Å². The molecule has 2 heterocycles. The van der Waals surface area contributed by atoms with Crippen molar-refractivity contribution in [2.75, 3.05) is 49.1 Å². The third kappa shape index (κ3) is 4.53. The molecule has 0 unspecified atom stereocenters. The predicted octanol–water partition coefficient (Wildman–Crippen LogP) is 2.35. The number of hydrogen-bond acceptors (Lipinski definition) is 5. The Hall–Kier alpha value is -2.70. The quantitative estimate of drug-likeness (QED) is 0.780. The highest BCUT2D eigenvalue weighted by atomic mass is 19.1. The number of rotatable bonds is 6. The first-order valence-corrected chi connectivity index (χ1v) is 9.47. The monoisotopic (exact) mass is 371 g/mol. The van der Waals surface area contributed by atoms with E-state index in [2.05, 4.69) is 33.8 Å². The Morgan fingerprint density at radius 3 is 2.33 bits per heavy atom. The first-order valence-electron chi connectivity index (χ1n) is 9.47. The zero-order valence-corrected chi connectivity index (χ0v) is 15.9. The van der Waals surface area contributed by atoms with Crippen LogP contribution in [0.5, 0.6) is 0 Å². The molecule has 0 spiro atoms. The number of carbonyl (C=O) groups is 1. The van der Waals surface area contributed by atoms with Crippen molar-refractivity contribution in [1.82, 2.24) is 15.1 Å². The van der Waals surface area contributed by atoms with E-state index in [0.717, 1.165) is 24.7 Å². The third-order valence-electron chi connectivity index (χ3n) is 4.98. The first-order chi connectivity index (χ1) is 13.1. The highest BCUT2D eigenvalue weighted by Crippen LogP contribution is 2.17. The van der Waals surface area contributed by atoms with Crippen LogP contribution in [0.4, 0.5) is 16.0 Å². The minimum Gasteiger partial charge on any atom is -0.356 e. The van der Waals surface area contributed by atoms with Crippen LogP contribution in [0.3, 0.4) is 0 Å². The number of amides is 1. The molecule has 0 bridgehead atoms. The zero-order valence-electron chi connectivity index (χ0n) is 15.9. The molecule has 0 saturated carbocycles. The fourth-order valence-electron chi connectivity index (χ4n) is 3.30. The maximum atomic E-state index is 13.7. The van der Waals surface area contributed by atoms with Gasteiger partial charge in [-0.1, -0.05) is 18.2 Å². The molecule has 0 aliphatic carbocycles. The van der Waals surface area contributed by atoms with Gasteiger partial charge in [-0.05, 0) is 37.6 Å². The molecule has 1 aliphatic heterocycles. The van der Waals surface area contributed by atoms with Crippen molar-refractivity contribution < 1.29 is 9.18 Å². The van der Waals surface area contributed by atoms with Crippen LogP contribution in [-0.4, -0.2) is 60.3 Å². The minimum absolute atomic E-state index is 0.0392. The lowest BCUT2D eigenvalue weighted by molar-refractivity contribution is -0.130. The van der Waals surface area contributed by atoms with E-state index in [-0.39, 0.29) is 18.1 Å². The summed E-state index contributed by atoms with van der Waals surface area (Å²) in [5, 5.41) is 8.68. The van der Waals surface area contributed by atoms with Crippen molar-refractivity contribution >= 4 is 17.5 Å². The molecule has 0 N–H and O–H groups in total. The van der Waals surface area contributed by atoms with Gasteiger partial charge in [0, 0.05) is 39.3 Å². The lowest BCUT2D eigenvalue weighted by Crippen LogP contribution is -2.49. The van der Waals surface area contributed by atoms with Gasteiger partial charge in [-0.3, -0.25) is 4.79 Å². The Kier molecular flexibility index (Phi) is 6.21. The van der Waals surface area contributed by atoms with Crippen molar-refractivity contribution in [3.63, 3.8) is 0 Å². The molecule has 0 atom stereocenters. The van der Waals surface area contributed by atoms with Crippen molar-refractivity contribution in [1.29, 1.82) is 0 Å². The number of benzene rings is 1. The van der Waals surface area contributed by atoms with Crippen molar-refractivity contribution in [2.45, 2.75) is 20.3 Å². The van der Waals surface area contributed by atoms with Gasteiger partial charge in [-0.15, -0.1) is 10.2 Å². The molecule has 1 saturated heterocycles. The van der Waals surface area contributed by atoms with Gasteiger partial charge in [0.15, 0.2) is 11.6 Å². The molecule has 1 aliphatic rings. The van der Waals surface area contributed by atoms with Crippen LogP contribution in [0.2, 0.25) is 0 Å². The van der Waals surface area contributed by atoms with Crippen LogP contribution in [-0.2, 0) is 11.2 Å². The van der Waals surface area contributed by atoms with Crippen LogP contribution in [0.1, 0.15) is 19.4 Å². The summed E-state index contributed by atoms with van der Waals surface area (Å²) in [6.45, 7) is 8.58. The second kappa shape index (κ2) is 8.79. The van der Waals surface area contributed by atoms with Gasteiger partial charge in [-0.2, -0.15) is 0 Å². The molecule has 1 aromatic carbocycles. The van der Waals surface area contributed by atoms with Crippen molar-refractivity contribution in [3.05, 3.63) is 47.8 Å². The van der Waals surface area contributed by atoms with Crippen LogP contribution in [0.15, 0.2) is 36.4 Å². The summed E-state index contributed by atoms with van der Waals surface area (Å²) in [7, 11) is 0. The molecule has 1 amide bonds. The molecule has 6 nitrogen and oxygen atoms in total. The average molecular weight is 371 g/mol.